The smallest absolute Gasteiger partial charge is 0.139 e. The molecule has 0 aromatic carbocycles. The molecule has 0 radical (unpaired) electrons. The molecule has 1 heterocycles. The molecule has 1 fully saturated rings. The molecule has 84 valence electrons. The van der Waals surface area contributed by atoms with Gasteiger partial charge in [0, 0.05) is 13.0 Å². The maximum Gasteiger partial charge on any atom is 0.139 e. The van der Waals surface area contributed by atoms with Crippen molar-refractivity contribution in [2.75, 3.05) is 0 Å². The summed E-state index contributed by atoms with van der Waals surface area (Å²) in [6.45, 7) is 2.35. The van der Waals surface area contributed by atoms with E-state index in [1.165, 1.54) is 31.5 Å². The van der Waals surface area contributed by atoms with Gasteiger partial charge in [-0.05, 0) is 50.6 Å². The summed E-state index contributed by atoms with van der Waals surface area (Å²) in [5.74, 6) is 2.77. The van der Waals surface area contributed by atoms with Crippen LogP contribution in [0.5, 0.6) is 0 Å². The van der Waals surface area contributed by atoms with E-state index in [0.29, 0.717) is 5.92 Å². The fourth-order valence-electron chi connectivity index (χ4n) is 2.34. The Balaban J connectivity index is 2.19. The van der Waals surface area contributed by atoms with E-state index in [1.54, 1.807) is 0 Å². The van der Waals surface area contributed by atoms with Crippen LogP contribution >= 0.6 is 31.9 Å². The van der Waals surface area contributed by atoms with Crippen LogP contribution in [-0.4, -0.2) is 9.55 Å². The molecule has 1 aromatic heterocycles. The zero-order valence-corrected chi connectivity index (χ0v) is 12.3. The van der Waals surface area contributed by atoms with Crippen LogP contribution in [-0.2, 0) is 7.05 Å². The van der Waals surface area contributed by atoms with E-state index in [2.05, 4.69) is 55.4 Å². The van der Waals surface area contributed by atoms with Gasteiger partial charge in [-0.3, -0.25) is 0 Å². The minimum Gasteiger partial charge on any atom is -0.325 e. The molecule has 0 bridgehead atoms. The highest BCUT2D eigenvalue weighted by Gasteiger charge is 2.24. The van der Waals surface area contributed by atoms with Crippen LogP contribution in [0.3, 0.4) is 0 Å². The predicted molar refractivity (Wildman–Crippen MR) is 69.0 cm³/mol. The molecule has 0 atom stereocenters. The van der Waals surface area contributed by atoms with Crippen molar-refractivity contribution in [3.05, 3.63) is 15.0 Å². The summed E-state index contributed by atoms with van der Waals surface area (Å²) >= 11 is 7.00. The van der Waals surface area contributed by atoms with Crippen molar-refractivity contribution in [2.45, 2.75) is 38.5 Å². The van der Waals surface area contributed by atoms with Gasteiger partial charge in [0.2, 0.25) is 0 Å². The second kappa shape index (κ2) is 4.58. The van der Waals surface area contributed by atoms with Crippen molar-refractivity contribution >= 4 is 31.9 Å². The standard InChI is InChI=1S/C11H16Br2N2/c1-7-3-5-8(6-4-7)11-14-9(12)10(13)15(11)2/h7-8H,3-6H2,1-2H3. The molecular formula is C11H16Br2N2. The van der Waals surface area contributed by atoms with Gasteiger partial charge in [-0.2, -0.15) is 0 Å². The normalized spacial score (nSPS) is 26.9. The highest BCUT2D eigenvalue weighted by molar-refractivity contribution is 9.13. The van der Waals surface area contributed by atoms with E-state index in [4.69, 9.17) is 0 Å². The molecule has 0 saturated heterocycles. The lowest BCUT2D eigenvalue weighted by Gasteiger charge is -2.25. The summed E-state index contributed by atoms with van der Waals surface area (Å²) in [7, 11) is 2.08. The molecule has 0 aliphatic heterocycles. The lowest BCUT2D eigenvalue weighted by Crippen LogP contribution is -2.14. The molecule has 0 amide bonds. The Bertz CT molecular complexity index is 352. The number of nitrogens with zero attached hydrogens (tertiary/aromatic N) is 2. The van der Waals surface area contributed by atoms with E-state index in [0.717, 1.165) is 15.1 Å². The minimum absolute atomic E-state index is 0.647. The van der Waals surface area contributed by atoms with Gasteiger partial charge in [-0.15, -0.1) is 0 Å². The van der Waals surface area contributed by atoms with Gasteiger partial charge in [0.15, 0.2) is 0 Å². The summed E-state index contributed by atoms with van der Waals surface area (Å²) in [6, 6.07) is 0. The zero-order valence-electron chi connectivity index (χ0n) is 9.13. The Morgan fingerprint density at radius 1 is 1.20 bits per heavy atom. The number of rotatable bonds is 1. The average molecular weight is 336 g/mol. The highest BCUT2D eigenvalue weighted by atomic mass is 79.9. The first-order valence-corrected chi connectivity index (χ1v) is 7.05. The van der Waals surface area contributed by atoms with Crippen LogP contribution in [0.15, 0.2) is 9.21 Å². The van der Waals surface area contributed by atoms with Crippen LogP contribution in [0.2, 0.25) is 0 Å². The third kappa shape index (κ3) is 2.31. The second-order valence-electron chi connectivity index (χ2n) is 4.57. The molecule has 4 heteroatoms. The lowest BCUT2D eigenvalue weighted by atomic mass is 9.82. The van der Waals surface area contributed by atoms with Crippen LogP contribution in [0, 0.1) is 5.92 Å². The zero-order chi connectivity index (χ0) is 11.0. The van der Waals surface area contributed by atoms with E-state index >= 15 is 0 Å². The number of hydrogen-bond donors (Lipinski definition) is 0. The van der Waals surface area contributed by atoms with Gasteiger partial charge in [0.25, 0.3) is 0 Å². The second-order valence-corrected chi connectivity index (χ2v) is 6.07. The van der Waals surface area contributed by atoms with Crippen molar-refractivity contribution in [1.82, 2.24) is 9.55 Å². The Kier molecular flexibility index (Phi) is 3.56. The Labute approximate surface area is 108 Å². The summed E-state index contributed by atoms with van der Waals surface area (Å²) in [5, 5.41) is 0. The monoisotopic (exact) mass is 334 g/mol. The molecule has 15 heavy (non-hydrogen) atoms. The molecule has 1 aromatic rings. The van der Waals surface area contributed by atoms with Gasteiger partial charge >= 0.3 is 0 Å². The minimum atomic E-state index is 0.647. The fourth-order valence-corrected chi connectivity index (χ4v) is 3.06. The third-order valence-corrected chi connectivity index (χ3v) is 5.39. The first-order valence-electron chi connectivity index (χ1n) is 5.47. The van der Waals surface area contributed by atoms with E-state index in [1.807, 2.05) is 0 Å². The van der Waals surface area contributed by atoms with Crippen molar-refractivity contribution < 1.29 is 0 Å². The molecule has 0 N–H and O–H groups in total. The SMILES string of the molecule is CC1CCC(c2nc(Br)c(Br)n2C)CC1. The van der Waals surface area contributed by atoms with Crippen LogP contribution in [0.25, 0.3) is 0 Å². The maximum absolute atomic E-state index is 4.59. The highest BCUT2D eigenvalue weighted by Crippen LogP contribution is 2.37. The Hall–Kier alpha value is 0.170. The molecule has 0 unspecified atom stereocenters. The van der Waals surface area contributed by atoms with Gasteiger partial charge in [0.1, 0.15) is 15.0 Å². The van der Waals surface area contributed by atoms with E-state index in [-0.39, 0.29) is 0 Å². The van der Waals surface area contributed by atoms with Gasteiger partial charge in [-0.1, -0.05) is 19.8 Å². The molecule has 1 aliphatic carbocycles. The van der Waals surface area contributed by atoms with Crippen molar-refractivity contribution in [1.29, 1.82) is 0 Å². The summed E-state index contributed by atoms with van der Waals surface area (Å²) < 4.78 is 4.14. The Morgan fingerprint density at radius 2 is 1.80 bits per heavy atom. The number of halogens is 2. The largest absolute Gasteiger partial charge is 0.325 e. The number of aromatic nitrogens is 2. The predicted octanol–water partition coefficient (Wildman–Crippen LogP) is 4.24. The molecule has 1 aliphatic rings. The average Bonchev–Trinajstić information content (AvgIpc) is 2.47. The quantitative estimate of drug-likeness (QED) is 0.750. The summed E-state index contributed by atoms with van der Waals surface area (Å²) in [6.07, 6.45) is 5.25. The van der Waals surface area contributed by atoms with Gasteiger partial charge < -0.3 is 4.57 Å². The van der Waals surface area contributed by atoms with E-state index in [9.17, 15) is 0 Å². The van der Waals surface area contributed by atoms with Crippen LogP contribution < -0.4 is 0 Å². The van der Waals surface area contributed by atoms with Crippen LogP contribution in [0.4, 0.5) is 0 Å². The molecule has 1 saturated carbocycles. The summed E-state index contributed by atoms with van der Waals surface area (Å²) in [5.41, 5.74) is 0. The fraction of sp³-hybridized carbons (Fsp3) is 0.727. The molecule has 0 spiro atoms. The lowest BCUT2D eigenvalue weighted by molar-refractivity contribution is 0.336. The van der Waals surface area contributed by atoms with E-state index < -0.39 is 0 Å². The number of imidazole rings is 1. The van der Waals surface area contributed by atoms with Crippen LogP contribution in [0.1, 0.15) is 44.3 Å². The third-order valence-electron chi connectivity index (χ3n) is 3.40. The summed E-state index contributed by atoms with van der Waals surface area (Å²) in [4.78, 5) is 4.59. The topological polar surface area (TPSA) is 17.8 Å². The molecule has 2 nitrogen and oxygen atoms in total. The van der Waals surface area contributed by atoms with Crippen molar-refractivity contribution in [2.24, 2.45) is 13.0 Å². The van der Waals surface area contributed by atoms with Crippen molar-refractivity contribution in [3.8, 4) is 0 Å². The molecule has 2 rings (SSSR count). The maximum atomic E-state index is 4.59. The van der Waals surface area contributed by atoms with Gasteiger partial charge in [0.05, 0.1) is 0 Å². The number of hydrogen-bond acceptors (Lipinski definition) is 1. The first-order chi connectivity index (χ1) is 7.09. The van der Waals surface area contributed by atoms with Gasteiger partial charge in [-0.25, -0.2) is 4.98 Å². The van der Waals surface area contributed by atoms with Crippen molar-refractivity contribution in [3.63, 3.8) is 0 Å². The Morgan fingerprint density at radius 3 is 2.27 bits per heavy atom. The first kappa shape index (κ1) is 11.6. The molecular weight excluding hydrogens is 320 g/mol.